The van der Waals surface area contributed by atoms with Crippen LogP contribution in [-0.4, -0.2) is 15.0 Å². The van der Waals surface area contributed by atoms with Crippen LogP contribution in [0.4, 0.5) is 0 Å². The molecule has 4 heteroatoms. The number of rotatable bonds is 10. The number of pyridine rings is 3. The van der Waals surface area contributed by atoms with Crippen LogP contribution in [0, 0.1) is 39.5 Å². The Labute approximate surface area is 425 Å². The average Bonchev–Trinajstić information content (AvgIpc) is 3.42. The molecule has 0 unspecified atom stereocenters. The summed E-state index contributed by atoms with van der Waals surface area (Å²) in [6.07, 6.45) is 3.81. The van der Waals surface area contributed by atoms with Crippen molar-refractivity contribution in [2.45, 2.75) is 13.8 Å². The van der Waals surface area contributed by atoms with Crippen LogP contribution in [0.2, 0.25) is 0 Å². The van der Waals surface area contributed by atoms with Gasteiger partial charge in [-0.05, 0) is 105 Å². The summed E-state index contributed by atoms with van der Waals surface area (Å²) >= 11 is 0. The van der Waals surface area contributed by atoms with Crippen LogP contribution in [0.1, 0.15) is 11.1 Å². The van der Waals surface area contributed by atoms with E-state index >= 15 is 0 Å². The smallest absolute Gasteiger partial charge is 0.0595 e. The molecule has 11 aromatic rings. The second-order valence-corrected chi connectivity index (χ2v) is 17.1. The van der Waals surface area contributed by atoms with Crippen LogP contribution in [0.25, 0.3) is 112 Å². The Morgan fingerprint density at radius 1 is 0.300 bits per heavy atom. The number of aromatic nitrogens is 3. The van der Waals surface area contributed by atoms with Gasteiger partial charge in [-0.2, -0.15) is 0 Å². The minimum absolute atomic E-state index is 0. The van der Waals surface area contributed by atoms with Crippen molar-refractivity contribution in [3.8, 4) is 112 Å². The zero-order valence-electron chi connectivity index (χ0n) is 39.1. The van der Waals surface area contributed by atoms with Gasteiger partial charge >= 0.3 is 0 Å². The Hall–Kier alpha value is -8.14. The predicted molar refractivity (Wildman–Crippen MR) is 287 cm³/mol. The van der Waals surface area contributed by atoms with Crippen molar-refractivity contribution >= 4 is 0 Å². The van der Waals surface area contributed by atoms with Gasteiger partial charge in [0.1, 0.15) is 0 Å². The molecular weight excluding hydrogens is 1030 g/mol. The first-order chi connectivity index (χ1) is 33.5. The molecule has 0 aliphatic heterocycles. The molecule has 0 aliphatic carbocycles. The van der Waals surface area contributed by atoms with Gasteiger partial charge in [0.2, 0.25) is 0 Å². The molecule has 339 valence electrons. The van der Waals surface area contributed by atoms with Crippen molar-refractivity contribution in [3.63, 3.8) is 0 Å². The van der Waals surface area contributed by atoms with E-state index in [0.717, 1.165) is 123 Å². The maximum Gasteiger partial charge on any atom is 0.0595 e. The molecule has 0 bridgehead atoms. The average molecular weight is 1070 g/mol. The van der Waals surface area contributed by atoms with Gasteiger partial charge in [0.25, 0.3) is 0 Å². The third kappa shape index (κ3) is 9.88. The van der Waals surface area contributed by atoms with E-state index in [4.69, 9.17) is 4.98 Å². The number of aryl methyl sites for hydroxylation is 2. The monoisotopic (exact) mass is 1070 g/mol. The van der Waals surface area contributed by atoms with Crippen molar-refractivity contribution in [2.24, 2.45) is 0 Å². The van der Waals surface area contributed by atoms with E-state index < -0.39 is 0 Å². The van der Waals surface area contributed by atoms with Gasteiger partial charge in [-0.3, -0.25) is 4.98 Å². The normalized spacial score (nSPS) is 10.8. The predicted octanol–water partition coefficient (Wildman–Crippen LogP) is 17.0. The number of hydrogen-bond acceptors (Lipinski definition) is 3. The van der Waals surface area contributed by atoms with Crippen molar-refractivity contribution in [1.82, 2.24) is 15.0 Å². The van der Waals surface area contributed by atoms with E-state index in [0.29, 0.717) is 0 Å². The van der Waals surface area contributed by atoms with Gasteiger partial charge in [0, 0.05) is 32.5 Å². The third-order valence-corrected chi connectivity index (χ3v) is 12.5. The van der Waals surface area contributed by atoms with Gasteiger partial charge in [-0.15, -0.1) is 89.5 Å². The number of benzene rings is 8. The van der Waals surface area contributed by atoms with E-state index in [1.807, 2.05) is 30.6 Å². The second-order valence-electron chi connectivity index (χ2n) is 17.1. The molecule has 70 heavy (non-hydrogen) atoms. The van der Waals surface area contributed by atoms with E-state index in [1.165, 1.54) is 0 Å². The van der Waals surface area contributed by atoms with Crippen LogP contribution in [0.15, 0.2) is 231 Å². The van der Waals surface area contributed by atoms with Gasteiger partial charge < -0.3 is 17.4 Å². The maximum atomic E-state index is 5.02. The molecule has 1 radical (unpaired) electrons. The second kappa shape index (κ2) is 21.0. The van der Waals surface area contributed by atoms with Gasteiger partial charge in [-0.25, -0.2) is 0 Å². The fourth-order valence-corrected chi connectivity index (χ4v) is 8.92. The van der Waals surface area contributed by atoms with E-state index in [9.17, 15) is 0 Å². The molecule has 0 aliphatic rings. The largest absolute Gasteiger partial charge is 0.358 e. The summed E-state index contributed by atoms with van der Waals surface area (Å²) in [6.45, 7) is 4.11. The molecule has 0 saturated heterocycles. The topological polar surface area (TPSA) is 38.7 Å². The third-order valence-electron chi connectivity index (χ3n) is 12.5. The zero-order valence-corrected chi connectivity index (χ0v) is 41.5. The van der Waals surface area contributed by atoms with E-state index in [-0.39, 0.29) is 27.5 Å². The first-order valence-electron chi connectivity index (χ1n) is 22.9. The van der Waals surface area contributed by atoms with Crippen LogP contribution in [0.5, 0.6) is 0 Å². The van der Waals surface area contributed by atoms with Crippen LogP contribution >= 0.6 is 0 Å². The SMILES string of the molecule is Cc1ccc(-c2[c-]cc(-c3ccccc3-c3cc(-c4ccccc4-c4c[c-]c(-c5ccc(C)cn5)cc4)cc(-c4ccccc4-c4c[c-]c(-c5cccc(-c6ccccc6)n5)cc4)c3)cc2)nc1.[CH3-].[Ir]. The molecule has 0 saturated carbocycles. The van der Waals surface area contributed by atoms with Crippen LogP contribution in [-0.2, 0) is 20.1 Å². The summed E-state index contributed by atoms with van der Waals surface area (Å²) in [6, 6.07) is 87.7. The Bertz CT molecular complexity index is 3380. The molecular formula is C66H47IrN3-4. The van der Waals surface area contributed by atoms with Gasteiger partial charge in [0.05, 0.1) is 5.69 Å². The van der Waals surface area contributed by atoms with Crippen LogP contribution < -0.4 is 0 Å². The quantitative estimate of drug-likeness (QED) is 0.128. The minimum Gasteiger partial charge on any atom is -0.358 e. The Morgan fingerprint density at radius 2 is 0.657 bits per heavy atom. The summed E-state index contributed by atoms with van der Waals surface area (Å²) in [5.41, 5.74) is 23.2. The van der Waals surface area contributed by atoms with Crippen LogP contribution in [0.3, 0.4) is 0 Å². The van der Waals surface area contributed by atoms with Crippen molar-refractivity contribution < 1.29 is 20.1 Å². The maximum absolute atomic E-state index is 5.02. The standard InChI is InChI=1S/C65H44N3.CH3.Ir/c1-44-23-37-62(66-42-44)50-31-25-46(26-32-50)56-15-6-9-18-59(56)53-39-54(60-19-10-7-16-57(60)47-27-33-51(34-28-47)63-38-24-45(2)43-67-63)41-55(40-53)61-20-11-8-17-58(61)48-29-35-52(36-30-48)65-22-12-21-64(68-65)49-13-4-3-5-14-49;;/h3-31,33,35,37-43H,1-2H3;1H3;/q-3;-1;. The fraction of sp³-hybridized carbons (Fsp3) is 0.0303. The Balaban J connectivity index is 0.00000304. The molecule has 0 spiro atoms. The molecule has 3 aromatic heterocycles. The van der Waals surface area contributed by atoms with Crippen molar-refractivity contribution in [1.29, 1.82) is 0 Å². The number of hydrogen-bond donors (Lipinski definition) is 0. The summed E-state index contributed by atoms with van der Waals surface area (Å²) in [5, 5.41) is 0. The van der Waals surface area contributed by atoms with Crippen molar-refractivity contribution in [3.05, 3.63) is 268 Å². The molecule has 3 nitrogen and oxygen atoms in total. The molecule has 3 heterocycles. The van der Waals surface area contributed by atoms with Crippen molar-refractivity contribution in [2.75, 3.05) is 0 Å². The minimum atomic E-state index is 0. The fourth-order valence-electron chi connectivity index (χ4n) is 8.92. The van der Waals surface area contributed by atoms with E-state index in [1.54, 1.807) is 0 Å². The first kappa shape index (κ1) is 46.9. The van der Waals surface area contributed by atoms with Gasteiger partial charge in [0.15, 0.2) is 0 Å². The zero-order chi connectivity index (χ0) is 45.8. The van der Waals surface area contributed by atoms with E-state index in [2.05, 4.69) is 242 Å². The summed E-state index contributed by atoms with van der Waals surface area (Å²) in [7, 11) is 0. The number of nitrogens with zero attached hydrogens (tertiary/aromatic N) is 3. The molecule has 0 N–H and O–H groups in total. The summed E-state index contributed by atoms with van der Waals surface area (Å²) in [4.78, 5) is 14.3. The molecule has 11 rings (SSSR count). The molecule has 0 amide bonds. The molecule has 0 fully saturated rings. The first-order valence-corrected chi connectivity index (χ1v) is 22.9. The summed E-state index contributed by atoms with van der Waals surface area (Å²) < 4.78 is 0. The summed E-state index contributed by atoms with van der Waals surface area (Å²) in [5.74, 6) is 0. The Morgan fingerprint density at radius 3 is 1.01 bits per heavy atom. The Kier molecular flexibility index (Phi) is 14.1. The van der Waals surface area contributed by atoms with Gasteiger partial charge in [-0.1, -0.05) is 173 Å². The molecule has 8 aromatic carbocycles. The molecule has 0 atom stereocenters.